The summed E-state index contributed by atoms with van der Waals surface area (Å²) in [7, 11) is 0. The first-order chi connectivity index (χ1) is 6.52. The fraction of sp³-hybridized carbons (Fsp3) is 0.400. The maximum atomic E-state index is 13.3. The number of benzene rings is 1. The minimum atomic E-state index is -0.728. The van der Waals surface area contributed by atoms with Gasteiger partial charge in [-0.1, -0.05) is 17.7 Å². The molecule has 0 heterocycles. The molecule has 0 saturated carbocycles. The van der Waals surface area contributed by atoms with E-state index in [2.05, 4.69) is 0 Å². The number of aryl methyl sites for hydroxylation is 1. The van der Waals surface area contributed by atoms with Gasteiger partial charge in [0.2, 0.25) is 0 Å². The van der Waals surface area contributed by atoms with Crippen molar-refractivity contribution >= 4 is 11.6 Å². The van der Waals surface area contributed by atoms with Crippen LogP contribution in [0.5, 0.6) is 0 Å². The van der Waals surface area contributed by atoms with Crippen LogP contribution in [0.15, 0.2) is 12.1 Å². The molecule has 0 fully saturated rings. The van der Waals surface area contributed by atoms with Gasteiger partial charge in [0, 0.05) is 6.04 Å². The monoisotopic (exact) mass is 219 g/mol. The van der Waals surface area contributed by atoms with Crippen LogP contribution in [0, 0.1) is 11.6 Å². The molecule has 2 N–H and O–H groups in total. The van der Waals surface area contributed by atoms with E-state index in [0.29, 0.717) is 18.4 Å². The van der Waals surface area contributed by atoms with Crippen LogP contribution in [0.4, 0.5) is 8.78 Å². The van der Waals surface area contributed by atoms with Crippen molar-refractivity contribution in [1.82, 2.24) is 0 Å². The Balaban J connectivity index is 2.83. The average molecular weight is 220 g/mol. The van der Waals surface area contributed by atoms with Crippen LogP contribution in [0.2, 0.25) is 5.02 Å². The molecule has 0 amide bonds. The van der Waals surface area contributed by atoms with Crippen molar-refractivity contribution in [3.63, 3.8) is 0 Å². The summed E-state index contributed by atoms with van der Waals surface area (Å²) in [6.07, 6.45) is 1.13. The van der Waals surface area contributed by atoms with Gasteiger partial charge in [0.25, 0.3) is 0 Å². The van der Waals surface area contributed by atoms with E-state index in [1.807, 2.05) is 6.92 Å². The van der Waals surface area contributed by atoms with Gasteiger partial charge in [0.15, 0.2) is 0 Å². The molecule has 0 bridgehead atoms. The van der Waals surface area contributed by atoms with E-state index in [1.54, 1.807) is 0 Å². The highest BCUT2D eigenvalue weighted by atomic mass is 35.5. The molecule has 78 valence electrons. The number of nitrogens with two attached hydrogens (primary N) is 1. The summed E-state index contributed by atoms with van der Waals surface area (Å²) in [4.78, 5) is 0. The summed E-state index contributed by atoms with van der Waals surface area (Å²) >= 11 is 5.42. The normalized spacial score (nSPS) is 12.9. The van der Waals surface area contributed by atoms with Crippen LogP contribution in [0.25, 0.3) is 0 Å². The summed E-state index contributed by atoms with van der Waals surface area (Å²) in [5.41, 5.74) is 5.94. The van der Waals surface area contributed by atoms with Gasteiger partial charge in [0.1, 0.15) is 16.7 Å². The van der Waals surface area contributed by atoms with Crippen molar-refractivity contribution in [3.8, 4) is 0 Å². The second-order valence-electron chi connectivity index (χ2n) is 3.35. The van der Waals surface area contributed by atoms with E-state index in [4.69, 9.17) is 17.3 Å². The van der Waals surface area contributed by atoms with Crippen molar-refractivity contribution in [2.45, 2.75) is 25.8 Å². The van der Waals surface area contributed by atoms with Crippen molar-refractivity contribution in [3.05, 3.63) is 34.4 Å². The Kier molecular flexibility index (Phi) is 3.84. The average Bonchev–Trinajstić information content (AvgIpc) is 2.13. The van der Waals surface area contributed by atoms with Gasteiger partial charge >= 0.3 is 0 Å². The lowest BCUT2D eigenvalue weighted by Crippen LogP contribution is -2.15. The van der Waals surface area contributed by atoms with Crippen LogP contribution < -0.4 is 5.73 Å². The summed E-state index contributed by atoms with van der Waals surface area (Å²) in [5, 5.41) is -0.438. The van der Waals surface area contributed by atoms with Crippen molar-refractivity contribution in [1.29, 1.82) is 0 Å². The van der Waals surface area contributed by atoms with E-state index in [1.165, 1.54) is 12.1 Å². The van der Waals surface area contributed by atoms with Gasteiger partial charge in [-0.2, -0.15) is 0 Å². The molecule has 1 atom stereocenters. The zero-order valence-electron chi connectivity index (χ0n) is 7.86. The molecule has 14 heavy (non-hydrogen) atoms. The summed E-state index contributed by atoms with van der Waals surface area (Å²) in [6, 6.07) is 2.57. The van der Waals surface area contributed by atoms with Gasteiger partial charge < -0.3 is 5.73 Å². The molecule has 1 aromatic rings. The second kappa shape index (κ2) is 4.71. The lowest BCUT2D eigenvalue weighted by molar-refractivity contribution is 0.563. The van der Waals surface area contributed by atoms with Crippen molar-refractivity contribution in [2.75, 3.05) is 0 Å². The molecule has 0 aliphatic heterocycles. The molecular weight excluding hydrogens is 208 g/mol. The topological polar surface area (TPSA) is 26.0 Å². The molecule has 1 aromatic carbocycles. The third-order valence-electron chi connectivity index (χ3n) is 1.98. The number of rotatable bonds is 3. The lowest BCUT2D eigenvalue weighted by Gasteiger charge is -2.07. The molecular formula is C10H12ClF2N. The quantitative estimate of drug-likeness (QED) is 0.778. The molecule has 0 saturated heterocycles. The van der Waals surface area contributed by atoms with Crippen molar-refractivity contribution in [2.24, 2.45) is 5.73 Å². The number of halogens is 3. The molecule has 0 aromatic heterocycles. The van der Waals surface area contributed by atoms with Crippen LogP contribution in [0.1, 0.15) is 18.9 Å². The first kappa shape index (κ1) is 11.4. The number of hydrogen-bond donors (Lipinski definition) is 1. The van der Waals surface area contributed by atoms with Gasteiger partial charge in [0.05, 0.1) is 0 Å². The van der Waals surface area contributed by atoms with Gasteiger partial charge in [-0.15, -0.1) is 0 Å². The van der Waals surface area contributed by atoms with Crippen LogP contribution >= 0.6 is 11.6 Å². The maximum absolute atomic E-state index is 13.3. The zero-order chi connectivity index (χ0) is 10.7. The SMILES string of the molecule is C[C@H](N)CCc1ccc(F)c(Cl)c1F. The largest absolute Gasteiger partial charge is 0.328 e. The highest BCUT2D eigenvalue weighted by molar-refractivity contribution is 6.30. The number of hydrogen-bond acceptors (Lipinski definition) is 1. The Bertz CT molecular complexity index is 326. The third-order valence-corrected chi connectivity index (χ3v) is 2.33. The van der Waals surface area contributed by atoms with Gasteiger partial charge in [-0.25, -0.2) is 8.78 Å². The molecule has 0 aliphatic rings. The van der Waals surface area contributed by atoms with Crippen molar-refractivity contribution < 1.29 is 8.78 Å². The summed E-state index contributed by atoms with van der Waals surface area (Å²) in [5.74, 6) is -1.40. The smallest absolute Gasteiger partial charge is 0.147 e. The van der Waals surface area contributed by atoms with Crippen LogP contribution in [-0.4, -0.2) is 6.04 Å². The highest BCUT2D eigenvalue weighted by Crippen LogP contribution is 2.22. The Labute approximate surface area is 86.9 Å². The standard InChI is InChI=1S/C10H12ClF2N/c1-6(14)2-3-7-4-5-8(12)9(11)10(7)13/h4-6H,2-3,14H2,1H3/t6-/m0/s1. The second-order valence-corrected chi connectivity index (χ2v) is 3.73. The van der Waals surface area contributed by atoms with Crippen LogP contribution in [0.3, 0.4) is 0 Å². The lowest BCUT2D eigenvalue weighted by atomic mass is 10.1. The molecule has 4 heteroatoms. The minimum absolute atomic E-state index is 0.00164. The third kappa shape index (κ3) is 2.66. The Morgan fingerprint density at radius 3 is 2.64 bits per heavy atom. The fourth-order valence-corrected chi connectivity index (χ4v) is 1.33. The Morgan fingerprint density at radius 1 is 1.43 bits per heavy atom. The highest BCUT2D eigenvalue weighted by Gasteiger charge is 2.11. The fourth-order valence-electron chi connectivity index (χ4n) is 1.14. The molecule has 0 aliphatic carbocycles. The first-order valence-electron chi connectivity index (χ1n) is 4.40. The molecule has 0 radical (unpaired) electrons. The van der Waals surface area contributed by atoms with E-state index in [0.717, 1.165) is 0 Å². The minimum Gasteiger partial charge on any atom is -0.328 e. The van der Waals surface area contributed by atoms with E-state index >= 15 is 0 Å². The zero-order valence-corrected chi connectivity index (χ0v) is 8.61. The Hall–Kier alpha value is -0.670. The molecule has 0 unspecified atom stereocenters. The predicted molar refractivity (Wildman–Crippen MR) is 53.3 cm³/mol. The summed E-state index contributed by atoms with van der Waals surface area (Å²) in [6.45, 7) is 1.84. The van der Waals surface area contributed by atoms with Gasteiger partial charge in [-0.3, -0.25) is 0 Å². The first-order valence-corrected chi connectivity index (χ1v) is 4.78. The molecule has 1 nitrogen and oxygen atoms in total. The predicted octanol–water partition coefficient (Wildman–Crippen LogP) is 2.90. The van der Waals surface area contributed by atoms with E-state index in [9.17, 15) is 8.78 Å². The Morgan fingerprint density at radius 2 is 2.07 bits per heavy atom. The molecule has 0 spiro atoms. The molecule has 1 rings (SSSR count). The van der Waals surface area contributed by atoms with E-state index in [-0.39, 0.29) is 6.04 Å². The van der Waals surface area contributed by atoms with Gasteiger partial charge in [-0.05, 0) is 31.4 Å². The summed E-state index contributed by atoms with van der Waals surface area (Å²) < 4.78 is 26.1. The van der Waals surface area contributed by atoms with Crippen LogP contribution in [-0.2, 0) is 6.42 Å². The van der Waals surface area contributed by atoms with E-state index < -0.39 is 16.7 Å². The maximum Gasteiger partial charge on any atom is 0.147 e.